The van der Waals surface area contributed by atoms with Crippen molar-refractivity contribution in [2.75, 3.05) is 53.4 Å². The third-order valence-corrected chi connectivity index (χ3v) is 6.92. The fourth-order valence-electron chi connectivity index (χ4n) is 4.42. The largest absolute Gasteiger partial charge is 0.352 e. The molecular weight excluding hydrogens is 472 g/mol. The molecule has 2 aromatic carbocycles. The Morgan fingerprint density at radius 3 is 1.24 bits per heavy atom. The van der Waals surface area contributed by atoms with Gasteiger partial charge in [0.1, 0.15) is 0 Å². The fourth-order valence-corrected chi connectivity index (χ4v) is 4.42. The Labute approximate surface area is 231 Å². The summed E-state index contributed by atoms with van der Waals surface area (Å²) < 4.78 is 0. The number of benzene rings is 2. The van der Waals surface area contributed by atoms with Gasteiger partial charge in [0.2, 0.25) is 0 Å². The SMILES string of the molecule is CCCCCN(C)CCCNC(=O)c1ccc(-c2ccc(C(=O)NCCCN(C)CCCCC)cc2)cc1. The number of nitrogens with zero attached hydrogens (tertiary/aromatic N) is 2. The summed E-state index contributed by atoms with van der Waals surface area (Å²) in [5.74, 6) is -0.0753. The van der Waals surface area contributed by atoms with Gasteiger partial charge in [-0.3, -0.25) is 9.59 Å². The van der Waals surface area contributed by atoms with E-state index in [0.29, 0.717) is 24.2 Å². The van der Waals surface area contributed by atoms with E-state index in [4.69, 9.17) is 0 Å². The molecule has 0 aliphatic heterocycles. The molecule has 0 fully saturated rings. The summed E-state index contributed by atoms with van der Waals surface area (Å²) in [4.78, 5) is 29.7. The van der Waals surface area contributed by atoms with E-state index >= 15 is 0 Å². The maximum atomic E-state index is 12.5. The van der Waals surface area contributed by atoms with Crippen LogP contribution in [-0.2, 0) is 0 Å². The summed E-state index contributed by atoms with van der Waals surface area (Å²) in [6, 6.07) is 15.3. The second kappa shape index (κ2) is 18.5. The van der Waals surface area contributed by atoms with Crippen LogP contribution in [0.5, 0.6) is 0 Å². The van der Waals surface area contributed by atoms with Gasteiger partial charge in [0.05, 0.1) is 0 Å². The number of carbonyl (C=O) groups is 2. The second-order valence-corrected chi connectivity index (χ2v) is 10.4. The van der Waals surface area contributed by atoms with Crippen molar-refractivity contribution < 1.29 is 9.59 Å². The number of amides is 2. The molecule has 0 spiro atoms. The fraction of sp³-hybridized carbons (Fsp3) is 0.562. The molecule has 2 aromatic rings. The Bertz CT molecular complexity index is 850. The van der Waals surface area contributed by atoms with Crippen LogP contribution in [0.25, 0.3) is 11.1 Å². The van der Waals surface area contributed by atoms with Gasteiger partial charge in [-0.2, -0.15) is 0 Å². The van der Waals surface area contributed by atoms with E-state index in [1.807, 2.05) is 48.5 Å². The first-order valence-electron chi connectivity index (χ1n) is 14.6. The van der Waals surface area contributed by atoms with Gasteiger partial charge in [0, 0.05) is 24.2 Å². The topological polar surface area (TPSA) is 64.7 Å². The highest BCUT2D eigenvalue weighted by molar-refractivity contribution is 5.95. The molecule has 0 radical (unpaired) electrons. The van der Waals surface area contributed by atoms with Crippen LogP contribution in [0.15, 0.2) is 48.5 Å². The van der Waals surface area contributed by atoms with E-state index in [9.17, 15) is 9.59 Å². The Morgan fingerprint density at radius 2 is 0.895 bits per heavy atom. The van der Waals surface area contributed by atoms with Crippen molar-refractivity contribution in [3.8, 4) is 11.1 Å². The van der Waals surface area contributed by atoms with Crippen molar-refractivity contribution in [2.24, 2.45) is 0 Å². The van der Waals surface area contributed by atoms with Crippen molar-refractivity contribution in [3.63, 3.8) is 0 Å². The third-order valence-electron chi connectivity index (χ3n) is 6.92. The molecule has 2 N–H and O–H groups in total. The Morgan fingerprint density at radius 1 is 0.553 bits per heavy atom. The van der Waals surface area contributed by atoms with Gasteiger partial charge in [0.15, 0.2) is 0 Å². The molecule has 6 nitrogen and oxygen atoms in total. The highest BCUT2D eigenvalue weighted by atomic mass is 16.2. The summed E-state index contributed by atoms with van der Waals surface area (Å²) in [6.07, 6.45) is 9.39. The van der Waals surface area contributed by atoms with Gasteiger partial charge in [-0.05, 0) is 101 Å². The lowest BCUT2D eigenvalue weighted by Crippen LogP contribution is -2.28. The van der Waals surface area contributed by atoms with Crippen LogP contribution in [0.2, 0.25) is 0 Å². The average molecular weight is 523 g/mol. The van der Waals surface area contributed by atoms with Crippen molar-refractivity contribution in [3.05, 3.63) is 59.7 Å². The number of nitrogens with one attached hydrogen (secondary N) is 2. The van der Waals surface area contributed by atoms with Gasteiger partial charge in [-0.25, -0.2) is 0 Å². The van der Waals surface area contributed by atoms with E-state index < -0.39 is 0 Å². The monoisotopic (exact) mass is 522 g/mol. The molecule has 0 atom stereocenters. The van der Waals surface area contributed by atoms with E-state index in [-0.39, 0.29) is 11.8 Å². The molecule has 0 aromatic heterocycles. The maximum Gasteiger partial charge on any atom is 0.251 e. The van der Waals surface area contributed by atoms with Gasteiger partial charge < -0.3 is 20.4 Å². The standard InChI is InChI=1S/C32H50N4O2/c1-5-7-9-23-35(3)25-11-21-33-31(37)29-17-13-27(14-18-29)28-15-19-30(20-16-28)32(38)34-22-12-26-36(4)24-10-8-6-2/h13-20H,5-12,21-26H2,1-4H3,(H,33,37)(H,34,38). The van der Waals surface area contributed by atoms with Crippen LogP contribution in [0, 0.1) is 0 Å². The summed E-state index contributed by atoms with van der Waals surface area (Å²) in [5, 5.41) is 6.05. The van der Waals surface area contributed by atoms with Crippen LogP contribution in [0.1, 0.15) is 85.9 Å². The molecule has 0 aliphatic carbocycles. The molecule has 0 bridgehead atoms. The minimum atomic E-state index is -0.0376. The molecule has 38 heavy (non-hydrogen) atoms. The molecule has 0 saturated carbocycles. The first kappa shape index (κ1) is 31.5. The molecule has 0 saturated heterocycles. The molecule has 210 valence electrons. The minimum absolute atomic E-state index is 0.0376. The Balaban J connectivity index is 1.72. The average Bonchev–Trinajstić information content (AvgIpc) is 2.93. The summed E-state index contributed by atoms with van der Waals surface area (Å²) in [6.45, 7) is 10.0. The lowest BCUT2D eigenvalue weighted by atomic mass is 10.0. The molecule has 0 unspecified atom stereocenters. The number of unbranched alkanes of at least 4 members (excludes halogenated alkanes) is 4. The summed E-state index contributed by atoms with van der Waals surface area (Å²) >= 11 is 0. The summed E-state index contributed by atoms with van der Waals surface area (Å²) in [5.41, 5.74) is 3.37. The Hall–Kier alpha value is -2.70. The zero-order valence-corrected chi connectivity index (χ0v) is 24.2. The van der Waals surface area contributed by atoms with E-state index in [0.717, 1.165) is 50.1 Å². The first-order valence-corrected chi connectivity index (χ1v) is 14.6. The third kappa shape index (κ3) is 12.2. The minimum Gasteiger partial charge on any atom is -0.352 e. The molecule has 0 heterocycles. The lowest BCUT2D eigenvalue weighted by molar-refractivity contribution is 0.0944. The van der Waals surface area contributed by atoms with Crippen LogP contribution in [-0.4, -0.2) is 75.0 Å². The van der Waals surface area contributed by atoms with E-state index in [2.05, 4.69) is 48.4 Å². The van der Waals surface area contributed by atoms with Gasteiger partial charge in [0.25, 0.3) is 11.8 Å². The van der Waals surface area contributed by atoms with Gasteiger partial charge >= 0.3 is 0 Å². The number of hydrogen-bond acceptors (Lipinski definition) is 4. The van der Waals surface area contributed by atoms with Crippen molar-refractivity contribution in [1.29, 1.82) is 0 Å². The maximum absolute atomic E-state index is 12.5. The number of rotatable bonds is 19. The smallest absolute Gasteiger partial charge is 0.251 e. The van der Waals surface area contributed by atoms with E-state index in [1.54, 1.807) is 0 Å². The van der Waals surface area contributed by atoms with Crippen molar-refractivity contribution >= 4 is 11.8 Å². The van der Waals surface area contributed by atoms with Crippen molar-refractivity contribution in [2.45, 2.75) is 65.2 Å². The quantitative estimate of drug-likeness (QED) is 0.228. The van der Waals surface area contributed by atoms with Gasteiger partial charge in [-0.15, -0.1) is 0 Å². The van der Waals surface area contributed by atoms with E-state index in [1.165, 1.54) is 38.5 Å². The van der Waals surface area contributed by atoms with Crippen LogP contribution < -0.4 is 10.6 Å². The van der Waals surface area contributed by atoms with Crippen molar-refractivity contribution in [1.82, 2.24) is 20.4 Å². The first-order chi connectivity index (χ1) is 18.4. The highest BCUT2D eigenvalue weighted by Gasteiger charge is 2.08. The van der Waals surface area contributed by atoms with Crippen LogP contribution in [0.4, 0.5) is 0 Å². The predicted octanol–water partition coefficient (Wildman–Crippen LogP) is 5.84. The number of hydrogen-bond donors (Lipinski definition) is 2. The summed E-state index contributed by atoms with van der Waals surface area (Å²) in [7, 11) is 4.29. The van der Waals surface area contributed by atoms with Gasteiger partial charge in [-0.1, -0.05) is 63.8 Å². The zero-order chi connectivity index (χ0) is 27.6. The van der Waals surface area contributed by atoms with Crippen LogP contribution >= 0.6 is 0 Å². The molecular formula is C32H50N4O2. The second-order valence-electron chi connectivity index (χ2n) is 10.4. The molecule has 0 aliphatic rings. The normalized spacial score (nSPS) is 11.2. The zero-order valence-electron chi connectivity index (χ0n) is 24.2. The molecule has 2 rings (SSSR count). The predicted molar refractivity (Wildman–Crippen MR) is 160 cm³/mol. The lowest BCUT2D eigenvalue weighted by Gasteiger charge is -2.16. The molecule has 2 amide bonds. The highest BCUT2D eigenvalue weighted by Crippen LogP contribution is 2.20. The number of carbonyl (C=O) groups excluding carboxylic acids is 2. The van der Waals surface area contributed by atoms with Crippen LogP contribution in [0.3, 0.4) is 0 Å². The molecule has 6 heteroatoms. The Kier molecular flexibility index (Phi) is 15.4.